The molecule has 0 aromatic heterocycles. The third-order valence-corrected chi connectivity index (χ3v) is 4.42. The van der Waals surface area contributed by atoms with E-state index in [1.165, 1.54) is 12.1 Å². The lowest BCUT2D eigenvalue weighted by Crippen LogP contribution is -2.43. The minimum absolute atomic E-state index is 0.0385. The number of nitrogens with zero attached hydrogens (tertiary/aromatic N) is 1. The monoisotopic (exact) mass is 313 g/mol. The second kappa shape index (κ2) is 5.57. The number of carbonyl (C=O) groups is 1. The highest BCUT2D eigenvalue weighted by atomic mass is 19.4. The van der Waals surface area contributed by atoms with Crippen molar-refractivity contribution in [2.24, 2.45) is 11.8 Å². The summed E-state index contributed by atoms with van der Waals surface area (Å²) in [7, 11) is 0. The van der Waals surface area contributed by atoms with Crippen molar-refractivity contribution in [1.82, 2.24) is 4.90 Å². The molecule has 1 saturated heterocycles. The normalized spacial score (nSPS) is 28.5. The summed E-state index contributed by atoms with van der Waals surface area (Å²) in [6.45, 7) is 2.92. The zero-order valence-electron chi connectivity index (χ0n) is 12.3. The maximum absolute atomic E-state index is 13.1. The summed E-state index contributed by atoms with van der Waals surface area (Å²) < 4.78 is 44.9. The van der Waals surface area contributed by atoms with Gasteiger partial charge in [-0.25, -0.2) is 0 Å². The molecule has 3 atom stereocenters. The molecule has 2 fully saturated rings. The molecule has 1 aliphatic carbocycles. The lowest BCUT2D eigenvalue weighted by molar-refractivity contribution is -0.144. The van der Waals surface area contributed by atoms with Gasteiger partial charge in [0, 0.05) is 12.5 Å². The first-order valence-corrected chi connectivity index (χ1v) is 7.44. The number of hydrogen-bond donors (Lipinski definition) is 0. The molecule has 0 unspecified atom stereocenters. The Morgan fingerprint density at radius 3 is 2.64 bits per heavy atom. The van der Waals surface area contributed by atoms with Gasteiger partial charge in [-0.15, -0.1) is 0 Å². The Hall–Kier alpha value is -1.56. The molecule has 3 rings (SSSR count). The van der Waals surface area contributed by atoms with Crippen molar-refractivity contribution in [3.63, 3.8) is 0 Å². The third-order valence-electron chi connectivity index (χ3n) is 4.42. The van der Waals surface area contributed by atoms with Gasteiger partial charge in [0.05, 0.1) is 18.7 Å². The Bertz CT molecular complexity index is 573. The van der Waals surface area contributed by atoms with Gasteiger partial charge in [0.15, 0.2) is 0 Å². The largest absolute Gasteiger partial charge is 0.416 e. The van der Waals surface area contributed by atoms with E-state index in [9.17, 15) is 18.0 Å². The van der Waals surface area contributed by atoms with Gasteiger partial charge in [-0.1, -0.05) is 25.1 Å². The van der Waals surface area contributed by atoms with E-state index >= 15 is 0 Å². The topological polar surface area (TPSA) is 29.5 Å². The van der Waals surface area contributed by atoms with Crippen LogP contribution in [-0.2, 0) is 15.7 Å². The Morgan fingerprint density at radius 1 is 1.32 bits per heavy atom. The average Bonchev–Trinajstić information content (AvgIpc) is 3.23. The first kappa shape index (κ1) is 15.3. The van der Waals surface area contributed by atoms with Gasteiger partial charge in [0.1, 0.15) is 6.10 Å². The second-order valence-electron chi connectivity index (χ2n) is 6.05. The van der Waals surface area contributed by atoms with Gasteiger partial charge in [0.2, 0.25) is 5.91 Å². The fourth-order valence-electron chi connectivity index (χ4n) is 2.97. The molecular weight excluding hydrogens is 295 g/mol. The predicted octanol–water partition coefficient (Wildman–Crippen LogP) is 3.26. The van der Waals surface area contributed by atoms with Crippen molar-refractivity contribution < 1.29 is 22.7 Å². The summed E-state index contributed by atoms with van der Waals surface area (Å²) >= 11 is 0. The van der Waals surface area contributed by atoms with Gasteiger partial charge in [-0.2, -0.15) is 13.2 Å². The molecule has 1 amide bonds. The minimum Gasteiger partial charge on any atom is -0.370 e. The van der Waals surface area contributed by atoms with Crippen molar-refractivity contribution in [3.8, 4) is 0 Å². The number of carbonyl (C=O) groups excluding carboxylic acids is 1. The summed E-state index contributed by atoms with van der Waals surface area (Å²) in [6, 6.07) is 5.42. The molecule has 1 aromatic carbocycles. The number of amides is 1. The maximum Gasteiger partial charge on any atom is 0.416 e. The highest BCUT2D eigenvalue weighted by Gasteiger charge is 2.43. The van der Waals surface area contributed by atoms with E-state index in [4.69, 9.17) is 4.74 Å². The first-order chi connectivity index (χ1) is 10.4. The highest BCUT2D eigenvalue weighted by Crippen LogP contribution is 2.41. The van der Waals surface area contributed by atoms with Gasteiger partial charge < -0.3 is 9.64 Å². The van der Waals surface area contributed by atoms with Gasteiger partial charge >= 0.3 is 6.18 Å². The first-order valence-electron chi connectivity index (χ1n) is 7.44. The van der Waals surface area contributed by atoms with Crippen molar-refractivity contribution in [3.05, 3.63) is 35.4 Å². The number of rotatable bonds is 2. The standard InChI is InChI=1S/C16H18F3NO2/c1-10-8-12(10)15(21)20-6-7-22-14(9-20)11-4-2-3-5-13(11)16(17,18)19/h2-5,10,12,14H,6-9H2,1H3/t10-,12+,14+/m1/s1. The molecule has 6 heteroatoms. The van der Waals surface area contributed by atoms with E-state index in [0.29, 0.717) is 12.5 Å². The molecule has 0 N–H and O–H groups in total. The van der Waals surface area contributed by atoms with Crippen molar-refractivity contribution in [2.45, 2.75) is 25.6 Å². The molecule has 1 saturated carbocycles. The Balaban J connectivity index is 1.79. The Kier molecular flexibility index (Phi) is 3.89. The SMILES string of the molecule is C[C@@H]1C[C@@H]1C(=O)N1CCO[C@H](c2ccccc2C(F)(F)F)C1. The van der Waals surface area contributed by atoms with E-state index < -0.39 is 17.8 Å². The van der Waals surface area contributed by atoms with Gasteiger partial charge in [-0.3, -0.25) is 4.79 Å². The molecule has 1 heterocycles. The quantitative estimate of drug-likeness (QED) is 0.839. The summed E-state index contributed by atoms with van der Waals surface area (Å²) in [5, 5.41) is 0. The molecule has 120 valence electrons. The number of halogens is 3. The summed E-state index contributed by atoms with van der Waals surface area (Å²) in [4.78, 5) is 13.9. The number of alkyl halides is 3. The zero-order valence-corrected chi connectivity index (χ0v) is 12.3. The highest BCUT2D eigenvalue weighted by molar-refractivity contribution is 5.81. The van der Waals surface area contributed by atoms with Crippen LogP contribution in [0.5, 0.6) is 0 Å². The molecule has 1 aliphatic heterocycles. The van der Waals surface area contributed by atoms with Crippen LogP contribution in [0.1, 0.15) is 30.6 Å². The Morgan fingerprint density at radius 2 is 2.00 bits per heavy atom. The van der Waals surface area contributed by atoms with Crippen LogP contribution in [0.25, 0.3) is 0 Å². The van der Waals surface area contributed by atoms with Crippen molar-refractivity contribution in [2.75, 3.05) is 19.7 Å². The summed E-state index contributed by atoms with van der Waals surface area (Å²) in [5.74, 6) is 0.471. The second-order valence-corrected chi connectivity index (χ2v) is 6.05. The predicted molar refractivity (Wildman–Crippen MR) is 74.0 cm³/mol. The third kappa shape index (κ3) is 2.97. The molecule has 2 aliphatic rings. The molecule has 0 radical (unpaired) electrons. The smallest absolute Gasteiger partial charge is 0.370 e. The average molecular weight is 313 g/mol. The zero-order chi connectivity index (χ0) is 15.9. The van der Waals surface area contributed by atoms with E-state index in [0.717, 1.165) is 12.5 Å². The van der Waals surface area contributed by atoms with Crippen LogP contribution in [0.3, 0.4) is 0 Å². The van der Waals surface area contributed by atoms with Crippen molar-refractivity contribution >= 4 is 5.91 Å². The Labute approximate surface area is 127 Å². The van der Waals surface area contributed by atoms with Crippen LogP contribution < -0.4 is 0 Å². The fourth-order valence-corrected chi connectivity index (χ4v) is 2.97. The van der Waals surface area contributed by atoms with E-state index in [1.54, 1.807) is 11.0 Å². The van der Waals surface area contributed by atoms with Crippen LogP contribution in [0, 0.1) is 11.8 Å². The summed E-state index contributed by atoms with van der Waals surface area (Å²) in [6.07, 6.45) is -4.26. The van der Waals surface area contributed by atoms with Crippen molar-refractivity contribution in [1.29, 1.82) is 0 Å². The van der Waals surface area contributed by atoms with Crippen LogP contribution >= 0.6 is 0 Å². The fraction of sp³-hybridized carbons (Fsp3) is 0.562. The summed E-state index contributed by atoms with van der Waals surface area (Å²) in [5.41, 5.74) is -0.578. The molecule has 3 nitrogen and oxygen atoms in total. The molecular formula is C16H18F3NO2. The van der Waals surface area contributed by atoms with E-state index in [2.05, 4.69) is 0 Å². The van der Waals surface area contributed by atoms with Gasteiger partial charge in [-0.05, 0) is 24.0 Å². The van der Waals surface area contributed by atoms with Gasteiger partial charge in [0.25, 0.3) is 0 Å². The van der Waals surface area contributed by atoms with E-state index in [1.807, 2.05) is 6.92 Å². The minimum atomic E-state index is -4.42. The van der Waals surface area contributed by atoms with Crippen LogP contribution in [-0.4, -0.2) is 30.5 Å². The number of hydrogen-bond acceptors (Lipinski definition) is 2. The number of morpholine rings is 1. The van der Waals surface area contributed by atoms with E-state index in [-0.39, 0.29) is 30.5 Å². The number of ether oxygens (including phenoxy) is 1. The molecule has 1 aromatic rings. The lowest BCUT2D eigenvalue weighted by Gasteiger charge is -2.34. The lowest BCUT2D eigenvalue weighted by atomic mass is 10.0. The maximum atomic E-state index is 13.1. The van der Waals surface area contributed by atoms with Crippen LogP contribution in [0.15, 0.2) is 24.3 Å². The number of benzene rings is 1. The molecule has 0 bridgehead atoms. The molecule has 22 heavy (non-hydrogen) atoms. The molecule has 0 spiro atoms. The van der Waals surface area contributed by atoms with Crippen LogP contribution in [0.4, 0.5) is 13.2 Å². The van der Waals surface area contributed by atoms with Crippen LogP contribution in [0.2, 0.25) is 0 Å².